The maximum absolute atomic E-state index is 12.9. The van der Waals surface area contributed by atoms with Crippen LogP contribution in [-0.4, -0.2) is 32.9 Å². The van der Waals surface area contributed by atoms with Gasteiger partial charge in [-0.1, -0.05) is 0 Å². The zero-order valence-corrected chi connectivity index (χ0v) is 13.6. The van der Waals surface area contributed by atoms with Crippen molar-refractivity contribution in [2.75, 3.05) is 12.3 Å². The van der Waals surface area contributed by atoms with Gasteiger partial charge in [0.2, 0.25) is 5.91 Å². The fourth-order valence-corrected chi connectivity index (χ4v) is 4.13. The first-order valence-electron chi connectivity index (χ1n) is 7.94. The quantitative estimate of drug-likeness (QED) is 0.812. The smallest absolute Gasteiger partial charge is 0.233 e. The molecule has 1 aliphatic carbocycles. The number of rotatable bonds is 3. The second-order valence-electron chi connectivity index (χ2n) is 6.01. The van der Waals surface area contributed by atoms with E-state index in [4.69, 9.17) is 0 Å². The molecule has 0 fully saturated rings. The molecular weight excluding hydrogens is 313 g/mol. The minimum absolute atomic E-state index is 0.138. The Labute approximate surface area is 138 Å². The van der Waals surface area contributed by atoms with Gasteiger partial charge in [0.25, 0.3) is 0 Å². The van der Waals surface area contributed by atoms with Crippen LogP contribution >= 0.6 is 11.8 Å². The van der Waals surface area contributed by atoms with Gasteiger partial charge in [0.15, 0.2) is 0 Å². The predicted molar refractivity (Wildman–Crippen MR) is 86.8 cm³/mol. The van der Waals surface area contributed by atoms with Crippen molar-refractivity contribution in [1.29, 1.82) is 0 Å². The molecule has 0 unspecified atom stereocenters. The molecule has 0 N–H and O–H groups in total. The van der Waals surface area contributed by atoms with Crippen molar-refractivity contribution in [1.82, 2.24) is 14.7 Å². The third kappa shape index (κ3) is 2.87. The van der Waals surface area contributed by atoms with E-state index < -0.39 is 0 Å². The van der Waals surface area contributed by atoms with Crippen molar-refractivity contribution in [2.24, 2.45) is 0 Å². The van der Waals surface area contributed by atoms with Crippen LogP contribution in [0, 0.1) is 5.82 Å². The Morgan fingerprint density at radius 3 is 2.87 bits per heavy atom. The number of nitrogens with zero attached hydrogens (tertiary/aromatic N) is 3. The molecule has 1 aromatic carbocycles. The summed E-state index contributed by atoms with van der Waals surface area (Å²) in [5, 5.41) is 4.66. The van der Waals surface area contributed by atoms with Crippen molar-refractivity contribution >= 4 is 17.7 Å². The van der Waals surface area contributed by atoms with Crippen molar-refractivity contribution in [3.05, 3.63) is 47.0 Å². The molecule has 2 aliphatic rings. The second-order valence-corrected chi connectivity index (χ2v) is 7.06. The number of fused-ring (bicyclic) bond motifs is 3. The molecule has 2 heterocycles. The Balaban J connectivity index is 1.40. The molecule has 0 bridgehead atoms. The fourth-order valence-electron chi connectivity index (χ4n) is 3.33. The zero-order valence-electron chi connectivity index (χ0n) is 12.8. The van der Waals surface area contributed by atoms with Gasteiger partial charge in [-0.15, -0.1) is 11.8 Å². The van der Waals surface area contributed by atoms with Crippen LogP contribution in [-0.2, 0) is 30.7 Å². The molecule has 0 radical (unpaired) electrons. The minimum Gasteiger partial charge on any atom is -0.334 e. The first kappa shape index (κ1) is 14.8. The van der Waals surface area contributed by atoms with E-state index in [0.29, 0.717) is 12.3 Å². The molecule has 4 rings (SSSR count). The molecule has 2 aromatic rings. The summed E-state index contributed by atoms with van der Waals surface area (Å²) in [4.78, 5) is 15.3. The Morgan fingerprint density at radius 2 is 2.04 bits per heavy atom. The van der Waals surface area contributed by atoms with Crippen LogP contribution in [0.4, 0.5) is 4.39 Å². The Hall–Kier alpha value is -1.82. The van der Waals surface area contributed by atoms with Gasteiger partial charge >= 0.3 is 0 Å². The topological polar surface area (TPSA) is 38.1 Å². The van der Waals surface area contributed by atoms with Crippen LogP contribution in [0.5, 0.6) is 0 Å². The molecule has 6 heteroatoms. The molecular formula is C17H18FN3OS. The number of carbonyl (C=O) groups excluding carboxylic acids is 1. The second kappa shape index (κ2) is 6.00. The van der Waals surface area contributed by atoms with Crippen molar-refractivity contribution in [3.8, 4) is 0 Å². The van der Waals surface area contributed by atoms with Crippen LogP contribution in [0.25, 0.3) is 0 Å². The summed E-state index contributed by atoms with van der Waals surface area (Å²) in [5.74, 6) is 0.277. The third-order valence-electron chi connectivity index (χ3n) is 4.54. The van der Waals surface area contributed by atoms with Crippen LogP contribution in [0.3, 0.4) is 0 Å². The number of benzene rings is 1. The first-order chi connectivity index (χ1) is 11.2. The van der Waals surface area contributed by atoms with Gasteiger partial charge in [0.1, 0.15) is 5.82 Å². The lowest BCUT2D eigenvalue weighted by Gasteiger charge is -2.28. The molecule has 4 nitrogen and oxygen atoms in total. The van der Waals surface area contributed by atoms with Crippen LogP contribution in [0.15, 0.2) is 29.2 Å². The summed E-state index contributed by atoms with van der Waals surface area (Å²) < 4.78 is 15.0. The summed E-state index contributed by atoms with van der Waals surface area (Å²) in [6, 6.07) is 6.28. The zero-order chi connectivity index (χ0) is 15.8. The van der Waals surface area contributed by atoms with E-state index in [1.807, 2.05) is 4.90 Å². The standard InChI is InChI=1S/C17H18FN3OS/c18-12-4-6-13(7-5-12)23-11-17(22)20-8-9-21-16(10-20)14-2-1-3-15(14)19-21/h4-7H,1-3,8-11H2. The molecule has 0 spiro atoms. The van der Waals surface area contributed by atoms with Crippen LogP contribution in [0.2, 0.25) is 0 Å². The van der Waals surface area contributed by atoms with Crippen molar-refractivity contribution in [2.45, 2.75) is 37.2 Å². The van der Waals surface area contributed by atoms with Gasteiger partial charge in [0, 0.05) is 11.4 Å². The molecule has 0 atom stereocenters. The van der Waals surface area contributed by atoms with Crippen LogP contribution in [0.1, 0.15) is 23.4 Å². The highest BCUT2D eigenvalue weighted by atomic mass is 32.2. The molecule has 0 saturated carbocycles. The molecule has 23 heavy (non-hydrogen) atoms. The maximum Gasteiger partial charge on any atom is 0.233 e. The summed E-state index contributed by atoms with van der Waals surface area (Å²) in [6.07, 6.45) is 3.35. The van der Waals surface area contributed by atoms with Gasteiger partial charge < -0.3 is 4.90 Å². The lowest BCUT2D eigenvalue weighted by Crippen LogP contribution is -2.39. The number of aromatic nitrogens is 2. The summed E-state index contributed by atoms with van der Waals surface area (Å²) in [5.41, 5.74) is 3.83. The van der Waals surface area contributed by atoms with E-state index in [9.17, 15) is 9.18 Å². The monoisotopic (exact) mass is 331 g/mol. The highest BCUT2D eigenvalue weighted by Gasteiger charge is 2.28. The van der Waals surface area contributed by atoms with Gasteiger partial charge in [-0.2, -0.15) is 5.10 Å². The maximum atomic E-state index is 12.9. The van der Waals surface area contributed by atoms with E-state index in [0.717, 1.165) is 30.8 Å². The van der Waals surface area contributed by atoms with E-state index in [2.05, 4.69) is 9.78 Å². The molecule has 1 aliphatic heterocycles. The van der Waals surface area contributed by atoms with E-state index >= 15 is 0 Å². The summed E-state index contributed by atoms with van der Waals surface area (Å²) in [6.45, 7) is 2.18. The largest absolute Gasteiger partial charge is 0.334 e. The number of thioether (sulfide) groups is 1. The van der Waals surface area contributed by atoms with E-state index in [1.54, 1.807) is 12.1 Å². The third-order valence-corrected chi connectivity index (χ3v) is 5.54. The summed E-state index contributed by atoms with van der Waals surface area (Å²) in [7, 11) is 0. The number of amides is 1. The highest BCUT2D eigenvalue weighted by Crippen LogP contribution is 2.28. The number of halogens is 1. The summed E-state index contributed by atoms with van der Waals surface area (Å²) >= 11 is 1.46. The molecule has 0 saturated heterocycles. The molecule has 120 valence electrons. The Morgan fingerprint density at radius 1 is 1.22 bits per heavy atom. The van der Waals surface area contributed by atoms with Gasteiger partial charge in [-0.3, -0.25) is 9.48 Å². The van der Waals surface area contributed by atoms with Crippen molar-refractivity contribution in [3.63, 3.8) is 0 Å². The normalized spacial score (nSPS) is 16.3. The average Bonchev–Trinajstić information content (AvgIpc) is 3.14. The van der Waals surface area contributed by atoms with E-state index in [1.165, 1.54) is 47.3 Å². The SMILES string of the molecule is O=C(CSc1ccc(F)cc1)N1CCn2nc3c(c2C1)CCC3. The Kier molecular flexibility index (Phi) is 3.85. The molecule has 1 amide bonds. The van der Waals surface area contributed by atoms with Crippen LogP contribution < -0.4 is 0 Å². The van der Waals surface area contributed by atoms with Crippen molar-refractivity contribution < 1.29 is 9.18 Å². The lowest BCUT2D eigenvalue weighted by atomic mass is 10.1. The van der Waals surface area contributed by atoms with Gasteiger partial charge in [-0.25, -0.2) is 4.39 Å². The lowest BCUT2D eigenvalue weighted by molar-refractivity contribution is -0.129. The average molecular weight is 331 g/mol. The molecule has 1 aromatic heterocycles. The van der Waals surface area contributed by atoms with Gasteiger partial charge in [-0.05, 0) is 49.1 Å². The number of hydrogen-bond acceptors (Lipinski definition) is 3. The number of aryl methyl sites for hydroxylation is 1. The first-order valence-corrected chi connectivity index (χ1v) is 8.93. The number of carbonyl (C=O) groups is 1. The van der Waals surface area contributed by atoms with Gasteiger partial charge in [0.05, 0.1) is 30.2 Å². The minimum atomic E-state index is -0.251. The highest BCUT2D eigenvalue weighted by molar-refractivity contribution is 8.00. The fraction of sp³-hybridized carbons (Fsp3) is 0.412. The van der Waals surface area contributed by atoms with E-state index in [-0.39, 0.29) is 11.7 Å². The Bertz CT molecular complexity index is 741. The predicted octanol–water partition coefficient (Wildman–Crippen LogP) is 2.65. The number of hydrogen-bond donors (Lipinski definition) is 0.